The minimum Gasteiger partial charge on any atom is -0.338 e. The van der Waals surface area contributed by atoms with Crippen molar-refractivity contribution in [1.82, 2.24) is 20.0 Å². The van der Waals surface area contributed by atoms with Crippen LogP contribution in [0.2, 0.25) is 0 Å². The van der Waals surface area contributed by atoms with Crippen molar-refractivity contribution in [1.29, 1.82) is 0 Å². The molecule has 17 heavy (non-hydrogen) atoms. The van der Waals surface area contributed by atoms with E-state index in [1.54, 1.807) is 11.3 Å². The van der Waals surface area contributed by atoms with E-state index in [9.17, 15) is 0 Å². The lowest BCUT2D eigenvalue weighted by molar-refractivity contribution is 0.258. The van der Waals surface area contributed by atoms with Crippen molar-refractivity contribution >= 4 is 11.3 Å². The monoisotopic (exact) mass is 252 g/mol. The highest BCUT2D eigenvalue weighted by atomic mass is 32.1. The first-order chi connectivity index (χ1) is 8.15. The van der Waals surface area contributed by atoms with E-state index in [2.05, 4.69) is 20.0 Å². The van der Waals surface area contributed by atoms with Crippen molar-refractivity contribution in [2.45, 2.75) is 32.9 Å². The second kappa shape index (κ2) is 5.37. The van der Waals surface area contributed by atoms with Crippen LogP contribution in [0.4, 0.5) is 0 Å². The van der Waals surface area contributed by atoms with Gasteiger partial charge in [-0.2, -0.15) is 4.98 Å². The maximum Gasteiger partial charge on any atom is 0.240 e. The zero-order valence-electron chi connectivity index (χ0n) is 10.3. The molecule has 0 fully saturated rings. The molecule has 0 aliphatic carbocycles. The fourth-order valence-electron chi connectivity index (χ4n) is 1.45. The van der Waals surface area contributed by atoms with Crippen molar-refractivity contribution in [3.05, 3.63) is 28.3 Å². The average Bonchev–Trinajstić information content (AvgIpc) is 2.88. The van der Waals surface area contributed by atoms with Crippen LogP contribution < -0.4 is 0 Å². The average molecular weight is 252 g/mol. The van der Waals surface area contributed by atoms with Gasteiger partial charge in [0.2, 0.25) is 5.89 Å². The van der Waals surface area contributed by atoms with E-state index in [-0.39, 0.29) is 0 Å². The van der Waals surface area contributed by atoms with E-state index >= 15 is 0 Å². The summed E-state index contributed by atoms with van der Waals surface area (Å²) in [4.78, 5) is 10.7. The molecule has 0 amide bonds. The molecule has 0 aliphatic rings. The van der Waals surface area contributed by atoms with E-state index in [1.807, 2.05) is 31.8 Å². The molecule has 0 radical (unpaired) electrons. The van der Waals surface area contributed by atoms with Crippen molar-refractivity contribution in [3.8, 4) is 0 Å². The number of rotatable bonds is 5. The van der Waals surface area contributed by atoms with Gasteiger partial charge in [-0.3, -0.25) is 4.90 Å². The number of aromatic nitrogens is 3. The molecule has 2 rings (SSSR count). The van der Waals surface area contributed by atoms with E-state index in [1.165, 1.54) is 0 Å². The molecular formula is C11H16N4OS. The Bertz CT molecular complexity index is 452. The maximum absolute atomic E-state index is 5.20. The fourth-order valence-corrected chi connectivity index (χ4v) is 2.00. The van der Waals surface area contributed by atoms with Crippen LogP contribution in [0.1, 0.15) is 37.2 Å². The van der Waals surface area contributed by atoms with Gasteiger partial charge in [-0.1, -0.05) is 19.0 Å². The molecule has 5 nitrogen and oxygen atoms in total. The lowest BCUT2D eigenvalue weighted by Gasteiger charge is -2.11. The summed E-state index contributed by atoms with van der Waals surface area (Å²) in [5.41, 5.74) is 2.91. The molecule has 0 N–H and O–H groups in total. The van der Waals surface area contributed by atoms with Gasteiger partial charge in [-0.05, 0) is 7.05 Å². The number of nitrogens with zero attached hydrogens (tertiary/aromatic N) is 4. The van der Waals surface area contributed by atoms with Crippen LogP contribution in [-0.4, -0.2) is 27.1 Å². The van der Waals surface area contributed by atoms with Gasteiger partial charge < -0.3 is 4.52 Å². The Morgan fingerprint density at radius 1 is 1.41 bits per heavy atom. The van der Waals surface area contributed by atoms with Gasteiger partial charge in [0.1, 0.15) is 0 Å². The quantitative estimate of drug-likeness (QED) is 0.817. The molecule has 0 atom stereocenters. The molecule has 2 aromatic heterocycles. The van der Waals surface area contributed by atoms with E-state index in [0.717, 1.165) is 18.1 Å². The van der Waals surface area contributed by atoms with Crippen LogP contribution in [0.5, 0.6) is 0 Å². The largest absolute Gasteiger partial charge is 0.338 e. The standard InChI is InChI=1S/C11H16N4OS/c1-8(2)11-13-10(16-14-11)5-15(3)4-9-6-17-7-12-9/h6-8H,4-5H2,1-3H3. The summed E-state index contributed by atoms with van der Waals surface area (Å²) >= 11 is 1.61. The normalized spacial score (nSPS) is 11.6. The van der Waals surface area contributed by atoms with Gasteiger partial charge in [0.25, 0.3) is 0 Å². The predicted molar refractivity (Wildman–Crippen MR) is 65.7 cm³/mol. The summed E-state index contributed by atoms with van der Waals surface area (Å²) in [5.74, 6) is 1.73. The lowest BCUT2D eigenvalue weighted by Crippen LogP contribution is -2.17. The first kappa shape index (κ1) is 12.2. The highest BCUT2D eigenvalue weighted by molar-refractivity contribution is 7.07. The Labute approximate surface area is 104 Å². The molecule has 2 aromatic rings. The summed E-state index contributed by atoms with van der Waals surface area (Å²) in [6.07, 6.45) is 0. The summed E-state index contributed by atoms with van der Waals surface area (Å²) < 4.78 is 5.20. The molecule has 2 heterocycles. The molecule has 0 aromatic carbocycles. The Balaban J connectivity index is 1.91. The summed E-state index contributed by atoms with van der Waals surface area (Å²) in [6.45, 7) is 5.54. The lowest BCUT2D eigenvalue weighted by atomic mass is 10.2. The van der Waals surface area contributed by atoms with Crippen LogP contribution in [0.25, 0.3) is 0 Å². The molecular weight excluding hydrogens is 236 g/mol. The Morgan fingerprint density at radius 2 is 2.24 bits per heavy atom. The summed E-state index contributed by atoms with van der Waals surface area (Å²) in [6, 6.07) is 0. The van der Waals surface area contributed by atoms with Crippen LogP contribution in [0.15, 0.2) is 15.4 Å². The third-order valence-corrected chi connectivity index (χ3v) is 2.96. The SMILES string of the molecule is CC(C)c1noc(CN(C)Cc2cscn2)n1. The second-order valence-corrected chi connectivity index (χ2v) is 5.07. The second-order valence-electron chi connectivity index (χ2n) is 4.35. The fraction of sp³-hybridized carbons (Fsp3) is 0.545. The maximum atomic E-state index is 5.20. The van der Waals surface area contributed by atoms with Gasteiger partial charge in [0, 0.05) is 17.8 Å². The van der Waals surface area contributed by atoms with Crippen molar-refractivity contribution in [2.24, 2.45) is 0 Å². The van der Waals surface area contributed by atoms with Gasteiger partial charge in [-0.25, -0.2) is 4.98 Å². The number of hydrogen-bond acceptors (Lipinski definition) is 6. The Morgan fingerprint density at radius 3 is 2.82 bits per heavy atom. The number of thiazole rings is 1. The molecule has 0 aliphatic heterocycles. The van der Waals surface area contributed by atoms with E-state index in [0.29, 0.717) is 18.4 Å². The summed E-state index contributed by atoms with van der Waals surface area (Å²) in [5, 5.41) is 5.98. The molecule has 0 saturated carbocycles. The minimum absolute atomic E-state index is 0.302. The van der Waals surface area contributed by atoms with Crippen molar-refractivity contribution < 1.29 is 4.52 Å². The minimum atomic E-state index is 0.302. The van der Waals surface area contributed by atoms with E-state index in [4.69, 9.17) is 4.52 Å². The van der Waals surface area contributed by atoms with Crippen LogP contribution in [0, 0.1) is 0 Å². The molecule has 0 bridgehead atoms. The molecule has 0 saturated heterocycles. The van der Waals surface area contributed by atoms with Crippen molar-refractivity contribution in [2.75, 3.05) is 7.05 Å². The Hall–Kier alpha value is -1.27. The van der Waals surface area contributed by atoms with Gasteiger partial charge in [0.05, 0.1) is 17.7 Å². The van der Waals surface area contributed by atoms with Crippen molar-refractivity contribution in [3.63, 3.8) is 0 Å². The van der Waals surface area contributed by atoms with Gasteiger partial charge in [0.15, 0.2) is 5.82 Å². The van der Waals surface area contributed by atoms with Gasteiger partial charge >= 0.3 is 0 Å². The number of hydrogen-bond donors (Lipinski definition) is 0. The zero-order chi connectivity index (χ0) is 12.3. The highest BCUT2D eigenvalue weighted by Gasteiger charge is 2.11. The van der Waals surface area contributed by atoms with Gasteiger partial charge in [-0.15, -0.1) is 11.3 Å². The predicted octanol–water partition coefficient (Wildman–Crippen LogP) is 2.28. The topological polar surface area (TPSA) is 55.1 Å². The highest BCUT2D eigenvalue weighted by Crippen LogP contribution is 2.11. The first-order valence-electron chi connectivity index (χ1n) is 5.53. The Kier molecular flexibility index (Phi) is 3.86. The van der Waals surface area contributed by atoms with Crippen LogP contribution in [0.3, 0.4) is 0 Å². The summed E-state index contributed by atoms with van der Waals surface area (Å²) in [7, 11) is 2.01. The first-order valence-corrected chi connectivity index (χ1v) is 6.47. The smallest absolute Gasteiger partial charge is 0.240 e. The van der Waals surface area contributed by atoms with E-state index < -0.39 is 0 Å². The third kappa shape index (κ3) is 3.34. The van der Waals surface area contributed by atoms with Crippen LogP contribution >= 0.6 is 11.3 Å². The molecule has 0 unspecified atom stereocenters. The molecule has 0 spiro atoms. The van der Waals surface area contributed by atoms with Crippen LogP contribution in [-0.2, 0) is 13.1 Å². The zero-order valence-corrected chi connectivity index (χ0v) is 11.1. The third-order valence-electron chi connectivity index (χ3n) is 2.32. The molecule has 92 valence electrons. The molecule has 6 heteroatoms.